The second-order valence-electron chi connectivity index (χ2n) is 5.79. The summed E-state index contributed by atoms with van der Waals surface area (Å²) in [4.78, 5) is 0. The minimum Gasteiger partial charge on any atom is -0.0999 e. The molecule has 0 aromatic carbocycles. The molecule has 0 radical (unpaired) electrons. The van der Waals surface area contributed by atoms with E-state index in [4.69, 9.17) is 0 Å². The summed E-state index contributed by atoms with van der Waals surface area (Å²) < 4.78 is 0. The highest BCUT2D eigenvalue weighted by Crippen LogP contribution is 2.16. The van der Waals surface area contributed by atoms with Gasteiger partial charge in [-0.15, -0.1) is 0 Å². The van der Waals surface area contributed by atoms with Crippen molar-refractivity contribution in [3.05, 3.63) is 12.2 Å². The van der Waals surface area contributed by atoms with Crippen molar-refractivity contribution in [1.82, 2.24) is 0 Å². The lowest BCUT2D eigenvalue weighted by atomic mass is 10.0. The molecule has 0 rings (SSSR count). The molecule has 0 saturated heterocycles. The smallest absolute Gasteiger partial charge is 0.0323 e. The van der Waals surface area contributed by atoms with E-state index in [1.807, 2.05) is 0 Å². The van der Waals surface area contributed by atoms with Gasteiger partial charge in [-0.05, 0) is 25.7 Å². The van der Waals surface area contributed by atoms with Crippen LogP contribution >= 0.6 is 0 Å². The van der Waals surface area contributed by atoms with E-state index < -0.39 is 0 Å². The van der Waals surface area contributed by atoms with Crippen LogP contribution < -0.4 is 0 Å². The molecule has 0 heterocycles. The lowest BCUT2D eigenvalue weighted by molar-refractivity contribution is 0.561. The largest absolute Gasteiger partial charge is 0.0999 e. The Morgan fingerprint density at radius 3 is 1.39 bits per heavy atom. The highest BCUT2D eigenvalue weighted by Gasteiger charge is 1.96. The summed E-state index contributed by atoms with van der Waals surface area (Å²) in [6.45, 7) is 8.75. The SMILES string of the molecule is C=C(CCCCC)CCCCCCCCCCC. The predicted molar refractivity (Wildman–Crippen MR) is 85.1 cm³/mol. The predicted octanol–water partition coefficient (Wildman–Crippen LogP) is 7.04. The molecule has 0 amide bonds. The molecule has 0 nitrogen and oxygen atoms in total. The zero-order valence-corrected chi connectivity index (χ0v) is 13.1. The summed E-state index contributed by atoms with van der Waals surface area (Å²) in [5.41, 5.74) is 1.49. The Labute approximate surface area is 116 Å². The monoisotopic (exact) mass is 252 g/mol. The number of rotatable bonds is 14. The topological polar surface area (TPSA) is 0 Å². The summed E-state index contributed by atoms with van der Waals surface area (Å²) in [6.07, 6.45) is 19.4. The first kappa shape index (κ1) is 17.7. The number of hydrogen-bond acceptors (Lipinski definition) is 0. The summed E-state index contributed by atoms with van der Waals surface area (Å²) >= 11 is 0. The Hall–Kier alpha value is -0.260. The summed E-state index contributed by atoms with van der Waals surface area (Å²) in [7, 11) is 0. The molecular weight excluding hydrogens is 216 g/mol. The van der Waals surface area contributed by atoms with Gasteiger partial charge in [0.25, 0.3) is 0 Å². The third-order valence-electron chi connectivity index (χ3n) is 3.77. The highest BCUT2D eigenvalue weighted by atomic mass is 14.0. The third kappa shape index (κ3) is 13.8. The van der Waals surface area contributed by atoms with Crippen molar-refractivity contribution in [2.24, 2.45) is 0 Å². The van der Waals surface area contributed by atoms with Crippen molar-refractivity contribution in [3.63, 3.8) is 0 Å². The Morgan fingerprint density at radius 2 is 0.889 bits per heavy atom. The Kier molecular flexibility index (Phi) is 14.6. The van der Waals surface area contributed by atoms with E-state index in [0.29, 0.717) is 0 Å². The van der Waals surface area contributed by atoms with Crippen molar-refractivity contribution < 1.29 is 0 Å². The minimum absolute atomic E-state index is 1.27. The first-order chi connectivity index (χ1) is 8.81. The molecular formula is C18H36. The maximum atomic E-state index is 4.19. The van der Waals surface area contributed by atoms with E-state index >= 15 is 0 Å². The lowest BCUT2D eigenvalue weighted by Crippen LogP contribution is -1.85. The fourth-order valence-electron chi connectivity index (χ4n) is 2.44. The fourth-order valence-corrected chi connectivity index (χ4v) is 2.44. The molecule has 0 N–H and O–H groups in total. The standard InChI is InChI=1S/C18H36/c1-4-6-8-9-10-11-12-13-15-17-18(3)16-14-7-5-2/h3-17H2,1-2H3. The molecule has 0 saturated carbocycles. The highest BCUT2D eigenvalue weighted by molar-refractivity contribution is 4.93. The van der Waals surface area contributed by atoms with Crippen molar-refractivity contribution in [2.45, 2.75) is 104 Å². The zero-order valence-electron chi connectivity index (χ0n) is 13.1. The zero-order chi connectivity index (χ0) is 13.5. The minimum atomic E-state index is 1.27. The molecule has 0 fully saturated rings. The van der Waals surface area contributed by atoms with Gasteiger partial charge in [-0.3, -0.25) is 0 Å². The van der Waals surface area contributed by atoms with Gasteiger partial charge in [-0.2, -0.15) is 0 Å². The van der Waals surface area contributed by atoms with Gasteiger partial charge in [0.15, 0.2) is 0 Å². The molecule has 18 heavy (non-hydrogen) atoms. The fraction of sp³-hybridized carbons (Fsp3) is 0.889. The summed E-state index contributed by atoms with van der Waals surface area (Å²) in [6, 6.07) is 0. The van der Waals surface area contributed by atoms with Crippen molar-refractivity contribution in [3.8, 4) is 0 Å². The second-order valence-corrected chi connectivity index (χ2v) is 5.79. The van der Waals surface area contributed by atoms with Crippen LogP contribution in [-0.2, 0) is 0 Å². The third-order valence-corrected chi connectivity index (χ3v) is 3.77. The average Bonchev–Trinajstić information content (AvgIpc) is 2.37. The van der Waals surface area contributed by atoms with Gasteiger partial charge in [0.1, 0.15) is 0 Å². The van der Waals surface area contributed by atoms with Gasteiger partial charge in [-0.25, -0.2) is 0 Å². The molecule has 0 unspecified atom stereocenters. The van der Waals surface area contributed by atoms with E-state index in [9.17, 15) is 0 Å². The molecule has 0 atom stereocenters. The van der Waals surface area contributed by atoms with E-state index in [-0.39, 0.29) is 0 Å². The van der Waals surface area contributed by atoms with Crippen LogP contribution in [0.2, 0.25) is 0 Å². The van der Waals surface area contributed by atoms with Gasteiger partial charge in [0, 0.05) is 0 Å². The second kappa shape index (κ2) is 14.8. The first-order valence-corrected chi connectivity index (χ1v) is 8.47. The van der Waals surface area contributed by atoms with Crippen LogP contribution in [0.1, 0.15) is 104 Å². The van der Waals surface area contributed by atoms with Crippen LogP contribution in [0.25, 0.3) is 0 Å². The van der Waals surface area contributed by atoms with Gasteiger partial charge in [0.05, 0.1) is 0 Å². The molecule has 0 aliphatic carbocycles. The van der Waals surface area contributed by atoms with Gasteiger partial charge in [0.2, 0.25) is 0 Å². The molecule has 0 aromatic heterocycles. The molecule has 0 heteroatoms. The lowest BCUT2D eigenvalue weighted by Gasteiger charge is -2.05. The van der Waals surface area contributed by atoms with E-state index in [1.165, 1.54) is 95.5 Å². The molecule has 0 spiro atoms. The Balaban J connectivity index is 3.08. The van der Waals surface area contributed by atoms with Crippen LogP contribution in [0.15, 0.2) is 12.2 Å². The molecule has 0 aliphatic heterocycles. The van der Waals surface area contributed by atoms with Crippen LogP contribution in [0, 0.1) is 0 Å². The number of hydrogen-bond donors (Lipinski definition) is 0. The van der Waals surface area contributed by atoms with Crippen LogP contribution in [0.3, 0.4) is 0 Å². The van der Waals surface area contributed by atoms with Crippen LogP contribution in [0.5, 0.6) is 0 Å². The van der Waals surface area contributed by atoms with Gasteiger partial charge in [-0.1, -0.05) is 90.2 Å². The number of allylic oxidation sites excluding steroid dienone is 1. The Bertz CT molecular complexity index is 169. The van der Waals surface area contributed by atoms with Gasteiger partial charge < -0.3 is 0 Å². The molecule has 0 aliphatic rings. The van der Waals surface area contributed by atoms with Crippen LogP contribution in [-0.4, -0.2) is 0 Å². The van der Waals surface area contributed by atoms with Crippen molar-refractivity contribution in [2.75, 3.05) is 0 Å². The van der Waals surface area contributed by atoms with E-state index in [0.717, 1.165) is 0 Å². The number of unbranched alkanes of at least 4 members (excludes halogenated alkanes) is 10. The summed E-state index contributed by atoms with van der Waals surface area (Å²) in [5.74, 6) is 0. The first-order valence-electron chi connectivity index (χ1n) is 8.47. The van der Waals surface area contributed by atoms with Crippen molar-refractivity contribution in [1.29, 1.82) is 0 Å². The maximum absolute atomic E-state index is 4.19. The normalized spacial score (nSPS) is 10.8. The quantitative estimate of drug-likeness (QED) is 0.230. The molecule has 108 valence electrons. The summed E-state index contributed by atoms with van der Waals surface area (Å²) in [5, 5.41) is 0. The van der Waals surface area contributed by atoms with E-state index in [1.54, 1.807) is 0 Å². The van der Waals surface area contributed by atoms with Gasteiger partial charge >= 0.3 is 0 Å². The average molecular weight is 252 g/mol. The van der Waals surface area contributed by atoms with E-state index in [2.05, 4.69) is 20.4 Å². The molecule has 0 aromatic rings. The molecule has 0 bridgehead atoms. The Morgan fingerprint density at radius 1 is 0.556 bits per heavy atom. The van der Waals surface area contributed by atoms with Crippen LogP contribution in [0.4, 0.5) is 0 Å². The van der Waals surface area contributed by atoms with Crippen molar-refractivity contribution >= 4 is 0 Å². The maximum Gasteiger partial charge on any atom is -0.0323 e.